The van der Waals surface area contributed by atoms with Gasteiger partial charge in [0.1, 0.15) is 5.75 Å². The second-order valence-electron chi connectivity index (χ2n) is 11.1. The van der Waals surface area contributed by atoms with Crippen molar-refractivity contribution in [3.05, 3.63) is 75.3 Å². The summed E-state index contributed by atoms with van der Waals surface area (Å²) in [7, 11) is 0. The van der Waals surface area contributed by atoms with Crippen molar-refractivity contribution in [2.24, 2.45) is 5.92 Å². The fraction of sp³-hybridized carbons (Fsp3) is 0.556. The summed E-state index contributed by atoms with van der Waals surface area (Å²) in [6.07, 6.45) is 14.0. The lowest BCUT2D eigenvalue weighted by Crippen LogP contribution is -2.27. The number of carbonyl (C=O) groups is 1. The first kappa shape index (κ1) is 35.2. The minimum atomic E-state index is -0.350. The number of hydrogen-bond donors (Lipinski definition) is 0. The van der Waals surface area contributed by atoms with Crippen molar-refractivity contribution in [1.29, 1.82) is 5.26 Å². The van der Waals surface area contributed by atoms with E-state index in [4.69, 9.17) is 17.9 Å². The molecule has 0 radical (unpaired) electrons. The standard InChI is InChI=1S/C36H49N5O2/c1-8-13-17-28(12-5)27-43-33-25-30(40(22-14-9-2)23-15-10-3)20-18-29(33)19-21-31-34(39-7)35(32(26-37)38-6)41(36(31)42)24-16-11-4/h18-21,25,28H,8-17,22-24,27H2,1-5H3/b21-19+,35-32+. The summed E-state index contributed by atoms with van der Waals surface area (Å²) in [5, 5.41) is 9.59. The molecule has 1 unspecified atom stereocenters. The zero-order valence-corrected chi connectivity index (χ0v) is 26.9. The maximum Gasteiger partial charge on any atom is 0.274 e. The number of carbonyl (C=O) groups excluding carboxylic acids is 1. The van der Waals surface area contributed by atoms with Crippen molar-refractivity contribution in [2.45, 2.75) is 98.8 Å². The summed E-state index contributed by atoms with van der Waals surface area (Å²) in [6.45, 7) is 29.1. The van der Waals surface area contributed by atoms with Crippen LogP contribution in [-0.4, -0.2) is 37.0 Å². The molecule has 7 nitrogen and oxygen atoms in total. The number of nitriles is 1. The normalized spacial score (nSPS) is 14.9. The van der Waals surface area contributed by atoms with Crippen LogP contribution in [0, 0.1) is 30.4 Å². The molecule has 0 spiro atoms. The molecule has 0 bridgehead atoms. The SMILES string of the molecule is [C-]#[N+]C1=C(/C=C/c2ccc(N(CCCC)CCCC)cc2OCC(CC)CCCC)C(=O)N(CCCC)/C1=C(\C#N)[N+]#[C-]. The lowest BCUT2D eigenvalue weighted by atomic mass is 10.0. The van der Waals surface area contributed by atoms with E-state index < -0.39 is 0 Å². The Labute approximate surface area is 260 Å². The van der Waals surface area contributed by atoms with E-state index in [2.05, 4.69) is 54.4 Å². The lowest BCUT2D eigenvalue weighted by Gasteiger charge is -2.26. The molecule has 43 heavy (non-hydrogen) atoms. The largest absolute Gasteiger partial charge is 0.493 e. The molecule has 230 valence electrons. The number of amides is 1. The van der Waals surface area contributed by atoms with Crippen LogP contribution in [0.2, 0.25) is 0 Å². The third-order valence-electron chi connectivity index (χ3n) is 7.89. The number of allylic oxidation sites excluding steroid dienone is 1. The molecule has 7 heteroatoms. The molecule has 0 aliphatic carbocycles. The van der Waals surface area contributed by atoms with Crippen LogP contribution in [0.3, 0.4) is 0 Å². The highest BCUT2D eigenvalue weighted by molar-refractivity contribution is 6.04. The maximum atomic E-state index is 13.5. The quantitative estimate of drug-likeness (QED) is 0.120. The van der Waals surface area contributed by atoms with Crippen LogP contribution in [0.4, 0.5) is 5.69 Å². The number of ether oxygens (including phenoxy) is 1. The Hall–Kier alpha value is -4.02. The second-order valence-corrected chi connectivity index (χ2v) is 11.1. The zero-order chi connectivity index (χ0) is 31.6. The number of hydrogen-bond acceptors (Lipinski definition) is 4. The summed E-state index contributed by atoms with van der Waals surface area (Å²) in [4.78, 5) is 24.3. The molecular formula is C36H49N5O2. The average molecular weight is 584 g/mol. The number of rotatable bonds is 19. The number of nitrogens with zero attached hydrogens (tertiary/aromatic N) is 5. The Kier molecular flexibility index (Phi) is 15.7. The van der Waals surface area contributed by atoms with Gasteiger partial charge < -0.3 is 14.5 Å². The van der Waals surface area contributed by atoms with Crippen molar-refractivity contribution in [3.63, 3.8) is 0 Å². The van der Waals surface area contributed by atoms with E-state index in [0.717, 1.165) is 81.5 Å². The van der Waals surface area contributed by atoms with Crippen LogP contribution >= 0.6 is 0 Å². The van der Waals surface area contributed by atoms with Crippen molar-refractivity contribution in [1.82, 2.24) is 4.90 Å². The summed E-state index contributed by atoms with van der Waals surface area (Å²) in [6, 6.07) is 8.14. The van der Waals surface area contributed by atoms with E-state index in [1.54, 1.807) is 6.08 Å². The van der Waals surface area contributed by atoms with Gasteiger partial charge in [-0.2, -0.15) is 0 Å². The molecule has 0 aromatic heterocycles. The van der Waals surface area contributed by atoms with Gasteiger partial charge in [-0.3, -0.25) is 4.79 Å². The molecule has 1 atom stereocenters. The summed E-state index contributed by atoms with van der Waals surface area (Å²) >= 11 is 0. The topological polar surface area (TPSA) is 65.3 Å². The highest BCUT2D eigenvalue weighted by Gasteiger charge is 2.36. The first-order valence-electron chi connectivity index (χ1n) is 16.1. The molecule has 2 rings (SSSR count). The summed E-state index contributed by atoms with van der Waals surface area (Å²) in [5.74, 6) is 0.870. The highest BCUT2D eigenvalue weighted by Crippen LogP contribution is 2.36. The van der Waals surface area contributed by atoms with Crippen molar-refractivity contribution in [2.75, 3.05) is 31.1 Å². The van der Waals surface area contributed by atoms with Crippen molar-refractivity contribution < 1.29 is 9.53 Å². The molecule has 1 amide bonds. The monoisotopic (exact) mass is 583 g/mol. The van der Waals surface area contributed by atoms with Crippen LogP contribution in [-0.2, 0) is 4.79 Å². The molecule has 1 heterocycles. The summed E-state index contributed by atoms with van der Waals surface area (Å²) < 4.78 is 6.51. The van der Waals surface area contributed by atoms with Gasteiger partial charge in [0.2, 0.25) is 11.6 Å². The fourth-order valence-corrected chi connectivity index (χ4v) is 5.10. The third-order valence-corrected chi connectivity index (χ3v) is 7.89. The Morgan fingerprint density at radius 1 is 1.02 bits per heavy atom. The van der Waals surface area contributed by atoms with Gasteiger partial charge in [-0.1, -0.05) is 85.3 Å². The third kappa shape index (κ3) is 9.76. The maximum absolute atomic E-state index is 13.5. The van der Waals surface area contributed by atoms with Crippen LogP contribution < -0.4 is 9.64 Å². The van der Waals surface area contributed by atoms with Crippen LogP contribution in [0.1, 0.15) is 104 Å². The second kappa shape index (κ2) is 19.2. The van der Waals surface area contributed by atoms with Gasteiger partial charge in [-0.05, 0) is 43.7 Å². The van der Waals surface area contributed by atoms with E-state index in [1.807, 2.05) is 25.1 Å². The van der Waals surface area contributed by atoms with Crippen molar-refractivity contribution >= 4 is 17.7 Å². The van der Waals surface area contributed by atoms with Crippen LogP contribution in [0.15, 0.2) is 46.9 Å². The average Bonchev–Trinajstić information content (AvgIpc) is 3.29. The Balaban J connectivity index is 2.58. The van der Waals surface area contributed by atoms with Gasteiger partial charge in [0.25, 0.3) is 5.70 Å². The Bertz CT molecular complexity index is 1260. The van der Waals surface area contributed by atoms with E-state index in [-0.39, 0.29) is 28.6 Å². The molecule has 0 saturated carbocycles. The molecule has 1 aromatic carbocycles. The number of anilines is 1. The van der Waals surface area contributed by atoms with E-state index in [0.29, 0.717) is 25.5 Å². The Morgan fingerprint density at radius 2 is 1.70 bits per heavy atom. The predicted octanol–water partition coefficient (Wildman–Crippen LogP) is 9.17. The highest BCUT2D eigenvalue weighted by atomic mass is 16.5. The predicted molar refractivity (Wildman–Crippen MR) is 176 cm³/mol. The van der Waals surface area contributed by atoms with E-state index >= 15 is 0 Å². The van der Waals surface area contributed by atoms with Crippen molar-refractivity contribution in [3.8, 4) is 11.8 Å². The molecular weight excluding hydrogens is 534 g/mol. The summed E-state index contributed by atoms with van der Waals surface area (Å²) in [5.41, 5.74) is 2.10. The van der Waals surface area contributed by atoms with Gasteiger partial charge >= 0.3 is 0 Å². The van der Waals surface area contributed by atoms with Crippen LogP contribution in [0.5, 0.6) is 5.75 Å². The lowest BCUT2D eigenvalue weighted by molar-refractivity contribution is -0.124. The molecule has 1 aliphatic rings. The van der Waals surface area contributed by atoms with Gasteiger partial charge in [0.15, 0.2) is 0 Å². The first-order valence-corrected chi connectivity index (χ1v) is 16.1. The fourth-order valence-electron chi connectivity index (χ4n) is 5.10. The number of benzene rings is 1. The Morgan fingerprint density at radius 3 is 2.26 bits per heavy atom. The number of unbranched alkanes of at least 4 members (excludes halogenated alkanes) is 4. The van der Waals surface area contributed by atoms with Gasteiger partial charge in [0.05, 0.1) is 31.5 Å². The smallest absolute Gasteiger partial charge is 0.274 e. The van der Waals surface area contributed by atoms with Gasteiger partial charge in [-0.15, -0.1) is 0 Å². The zero-order valence-electron chi connectivity index (χ0n) is 26.9. The minimum absolute atomic E-state index is 0.0555. The van der Waals surface area contributed by atoms with E-state index in [1.165, 1.54) is 11.3 Å². The molecule has 0 saturated heterocycles. The molecule has 1 aliphatic heterocycles. The first-order chi connectivity index (χ1) is 20.9. The van der Waals surface area contributed by atoms with Crippen LogP contribution in [0.25, 0.3) is 15.8 Å². The molecule has 1 aromatic rings. The van der Waals surface area contributed by atoms with E-state index in [9.17, 15) is 10.1 Å². The molecule has 0 N–H and O–H groups in total. The van der Waals surface area contributed by atoms with Gasteiger partial charge in [0, 0.05) is 42.5 Å². The molecule has 0 fully saturated rings. The van der Waals surface area contributed by atoms with Gasteiger partial charge in [-0.25, -0.2) is 15.0 Å². The minimum Gasteiger partial charge on any atom is -0.493 e.